The molecule has 0 amide bonds. The van der Waals surface area contributed by atoms with E-state index in [1.165, 1.54) is 13.0 Å². The molecule has 7 heteroatoms. The lowest BCUT2D eigenvalue weighted by Crippen LogP contribution is -2.04. The van der Waals surface area contributed by atoms with Gasteiger partial charge in [-0.15, -0.1) is 0 Å². The van der Waals surface area contributed by atoms with Crippen molar-refractivity contribution in [3.8, 4) is 0 Å². The second-order valence-electron chi connectivity index (χ2n) is 4.11. The molecule has 5 nitrogen and oxygen atoms in total. The molecule has 0 bridgehead atoms. The maximum Gasteiger partial charge on any atom is 0.356 e. The number of carboxylic acids is 1. The zero-order valence-electron chi connectivity index (χ0n) is 10.7. The van der Waals surface area contributed by atoms with Gasteiger partial charge in [-0.3, -0.25) is 4.79 Å². The predicted molar refractivity (Wildman–Crippen MR) is 73.5 cm³/mol. The molecule has 2 aromatic rings. The molecule has 0 saturated carbocycles. The van der Waals surface area contributed by atoms with Crippen molar-refractivity contribution < 1.29 is 19.1 Å². The molecule has 0 aliphatic rings. The number of carbonyl (C=O) groups is 2. The topological polar surface area (TPSA) is 79.3 Å². The van der Waals surface area contributed by atoms with Crippen LogP contribution in [0.3, 0.4) is 0 Å². The molecular weight excluding hydrogens is 283 g/mol. The molecule has 2 rings (SSSR count). The highest BCUT2D eigenvalue weighted by atomic mass is 32.1. The highest BCUT2D eigenvalue weighted by molar-refractivity contribution is 7.17. The van der Waals surface area contributed by atoms with Crippen LogP contribution in [0.15, 0.2) is 18.2 Å². The number of Topliss-reactive ketones (excluding diaryl/α,β-unsaturated/α-hetero) is 1. The van der Waals surface area contributed by atoms with Gasteiger partial charge in [-0.1, -0.05) is 23.5 Å². The van der Waals surface area contributed by atoms with Crippen LogP contribution in [-0.4, -0.2) is 21.8 Å². The Hall–Kier alpha value is -2.28. The summed E-state index contributed by atoms with van der Waals surface area (Å²) in [5, 5.41) is 11.9. The number of aromatic nitrogens is 1. The van der Waals surface area contributed by atoms with Crippen molar-refractivity contribution in [3.05, 3.63) is 40.2 Å². The lowest BCUT2D eigenvalue weighted by molar-refractivity contribution is 0.0687. The second-order valence-corrected chi connectivity index (χ2v) is 5.11. The molecule has 1 aromatic carbocycles. The minimum atomic E-state index is -1.29. The van der Waals surface area contributed by atoms with Crippen molar-refractivity contribution in [1.82, 2.24) is 4.98 Å². The van der Waals surface area contributed by atoms with Crippen molar-refractivity contribution in [3.63, 3.8) is 0 Å². The third-order valence-corrected chi connectivity index (χ3v) is 3.68. The van der Waals surface area contributed by atoms with Crippen LogP contribution < -0.4 is 5.32 Å². The number of aromatic carboxylic acids is 1. The van der Waals surface area contributed by atoms with Gasteiger partial charge in [0.25, 0.3) is 0 Å². The molecule has 0 fully saturated rings. The monoisotopic (exact) mass is 294 g/mol. The van der Waals surface area contributed by atoms with E-state index in [2.05, 4.69) is 10.3 Å². The van der Waals surface area contributed by atoms with Crippen LogP contribution in [0, 0.1) is 12.7 Å². The van der Waals surface area contributed by atoms with Crippen LogP contribution in [0.4, 0.5) is 15.2 Å². The van der Waals surface area contributed by atoms with Gasteiger partial charge in [-0.05, 0) is 18.6 Å². The maximum atomic E-state index is 13.7. The number of rotatable bonds is 4. The number of thiazole rings is 1. The largest absolute Gasteiger partial charge is 0.476 e. The van der Waals surface area contributed by atoms with Gasteiger partial charge in [0, 0.05) is 6.92 Å². The minimum absolute atomic E-state index is 0.0361. The van der Waals surface area contributed by atoms with Crippen molar-refractivity contribution in [2.75, 3.05) is 5.32 Å². The summed E-state index contributed by atoms with van der Waals surface area (Å²) in [5.41, 5.74) is 0.550. The van der Waals surface area contributed by atoms with Gasteiger partial charge < -0.3 is 10.4 Å². The summed E-state index contributed by atoms with van der Waals surface area (Å²) in [4.78, 5) is 26.3. The van der Waals surface area contributed by atoms with Crippen LogP contribution in [0.5, 0.6) is 0 Å². The van der Waals surface area contributed by atoms with E-state index in [1.807, 2.05) is 0 Å². The number of nitrogens with zero attached hydrogens (tertiary/aromatic N) is 1. The van der Waals surface area contributed by atoms with Gasteiger partial charge in [-0.2, -0.15) is 0 Å². The van der Waals surface area contributed by atoms with Gasteiger partial charge in [0.15, 0.2) is 16.6 Å². The Bertz CT molecular complexity index is 645. The van der Waals surface area contributed by atoms with E-state index in [0.29, 0.717) is 5.56 Å². The van der Waals surface area contributed by atoms with E-state index in [9.17, 15) is 14.0 Å². The Morgan fingerprint density at radius 1 is 1.40 bits per heavy atom. The quantitative estimate of drug-likeness (QED) is 0.846. The first-order valence-corrected chi connectivity index (χ1v) is 6.49. The number of hydrogen-bond donors (Lipinski definition) is 2. The average molecular weight is 294 g/mol. The average Bonchev–Trinajstić information content (AvgIpc) is 2.78. The molecule has 20 heavy (non-hydrogen) atoms. The number of carboxylic acid groups (broad SMARTS) is 1. The van der Waals surface area contributed by atoms with Crippen molar-refractivity contribution >= 4 is 33.9 Å². The Labute approximate surface area is 118 Å². The number of carbonyl (C=O) groups excluding carboxylic acids is 1. The molecule has 0 aliphatic carbocycles. The molecule has 0 atom stereocenters. The summed E-state index contributed by atoms with van der Waals surface area (Å²) in [6.45, 7) is 2.97. The highest BCUT2D eigenvalue weighted by Gasteiger charge is 2.21. The van der Waals surface area contributed by atoms with E-state index >= 15 is 0 Å². The third-order valence-electron chi connectivity index (χ3n) is 2.60. The number of nitrogens with one attached hydrogen (secondary N) is 1. The van der Waals surface area contributed by atoms with Gasteiger partial charge in [0.05, 0.1) is 5.69 Å². The van der Waals surface area contributed by atoms with Gasteiger partial charge in [0.1, 0.15) is 10.7 Å². The van der Waals surface area contributed by atoms with E-state index in [1.54, 1.807) is 19.1 Å². The Kier molecular flexibility index (Phi) is 3.80. The zero-order valence-corrected chi connectivity index (χ0v) is 11.5. The first kappa shape index (κ1) is 14.1. The number of hydrogen-bond acceptors (Lipinski definition) is 5. The first-order chi connectivity index (χ1) is 9.40. The Morgan fingerprint density at radius 2 is 2.10 bits per heavy atom. The van der Waals surface area contributed by atoms with Crippen molar-refractivity contribution in [1.29, 1.82) is 0 Å². The Balaban J connectivity index is 2.42. The summed E-state index contributed by atoms with van der Waals surface area (Å²) >= 11 is 0.889. The third kappa shape index (κ3) is 2.67. The normalized spacial score (nSPS) is 10.3. The number of halogens is 1. The molecule has 2 N–H and O–H groups in total. The van der Waals surface area contributed by atoms with E-state index in [0.717, 1.165) is 11.3 Å². The molecule has 0 saturated heterocycles. The van der Waals surface area contributed by atoms with Crippen molar-refractivity contribution in [2.45, 2.75) is 13.8 Å². The van der Waals surface area contributed by atoms with Gasteiger partial charge >= 0.3 is 5.97 Å². The first-order valence-electron chi connectivity index (χ1n) is 5.67. The van der Waals surface area contributed by atoms with Crippen LogP contribution in [0.2, 0.25) is 0 Å². The van der Waals surface area contributed by atoms with Crippen LogP contribution in [0.25, 0.3) is 0 Å². The molecule has 104 valence electrons. The molecule has 1 heterocycles. The fraction of sp³-hybridized carbons (Fsp3) is 0.154. The number of para-hydroxylation sites is 1. The fourth-order valence-electron chi connectivity index (χ4n) is 1.65. The smallest absolute Gasteiger partial charge is 0.356 e. The second kappa shape index (κ2) is 5.38. The predicted octanol–water partition coefficient (Wildman–Crippen LogP) is 3.24. The molecule has 0 radical (unpaired) electrons. The number of ketones is 1. The maximum absolute atomic E-state index is 13.7. The SMILES string of the molecule is CC(=O)c1sc(Nc2c(C)cccc2F)nc1C(=O)O. The van der Waals surface area contributed by atoms with Crippen LogP contribution >= 0.6 is 11.3 Å². The number of anilines is 2. The molecular formula is C13H11FN2O3S. The number of aryl methyl sites for hydroxylation is 1. The minimum Gasteiger partial charge on any atom is -0.476 e. The zero-order chi connectivity index (χ0) is 14.9. The summed E-state index contributed by atoms with van der Waals surface area (Å²) in [6.07, 6.45) is 0. The molecule has 0 aliphatic heterocycles. The summed E-state index contributed by atoms with van der Waals surface area (Å²) < 4.78 is 13.7. The molecule has 0 spiro atoms. The van der Waals surface area contributed by atoms with Crippen LogP contribution in [-0.2, 0) is 0 Å². The van der Waals surface area contributed by atoms with Gasteiger partial charge in [0.2, 0.25) is 0 Å². The lowest BCUT2D eigenvalue weighted by atomic mass is 10.2. The summed E-state index contributed by atoms with van der Waals surface area (Å²) in [5.74, 6) is -2.15. The lowest BCUT2D eigenvalue weighted by Gasteiger charge is -2.07. The van der Waals surface area contributed by atoms with Crippen molar-refractivity contribution in [2.24, 2.45) is 0 Å². The summed E-state index contributed by atoms with van der Waals surface area (Å²) in [6, 6.07) is 4.57. The number of benzene rings is 1. The molecule has 0 unspecified atom stereocenters. The molecule has 1 aromatic heterocycles. The van der Waals surface area contributed by atoms with Gasteiger partial charge in [-0.25, -0.2) is 14.2 Å². The standard InChI is InChI=1S/C13H11FN2O3S/c1-6-4-3-5-8(14)9(6)15-13-16-10(12(18)19)11(20-13)7(2)17/h3-5H,1-2H3,(H,15,16)(H,18,19). The highest BCUT2D eigenvalue weighted by Crippen LogP contribution is 2.29. The van der Waals surface area contributed by atoms with E-state index in [-0.39, 0.29) is 21.4 Å². The summed E-state index contributed by atoms with van der Waals surface area (Å²) in [7, 11) is 0. The van der Waals surface area contributed by atoms with Crippen LogP contribution in [0.1, 0.15) is 32.6 Å². The Morgan fingerprint density at radius 3 is 2.60 bits per heavy atom. The van der Waals surface area contributed by atoms with E-state index in [4.69, 9.17) is 5.11 Å². The fourth-order valence-corrected chi connectivity index (χ4v) is 2.51. The van der Waals surface area contributed by atoms with E-state index < -0.39 is 17.6 Å².